The number of hydrogen-bond acceptors (Lipinski definition) is 3. The van der Waals surface area contributed by atoms with Crippen LogP contribution in [0.2, 0.25) is 0 Å². The molecule has 0 aromatic carbocycles. The number of aryl methyl sites for hydroxylation is 1. The van der Waals surface area contributed by atoms with Crippen LogP contribution < -0.4 is 5.73 Å². The van der Waals surface area contributed by atoms with Crippen LogP contribution in [0, 0.1) is 12.3 Å². The van der Waals surface area contributed by atoms with Crippen LogP contribution in [-0.2, 0) is 11.3 Å². The summed E-state index contributed by atoms with van der Waals surface area (Å²) in [6, 6.07) is 3.77. The standard InChI is InChI=1S/C12H20N2O2/c1-9-5-6-10(16-9)7-14(4)11(15)12(2,3)8-13/h5-6H,7-8,13H2,1-4H3. The third-order valence-corrected chi connectivity index (χ3v) is 2.62. The van der Waals surface area contributed by atoms with Crippen LogP contribution in [0.3, 0.4) is 0 Å². The molecule has 90 valence electrons. The number of amides is 1. The maximum atomic E-state index is 12.0. The lowest BCUT2D eigenvalue weighted by molar-refractivity contribution is -0.139. The van der Waals surface area contributed by atoms with Crippen molar-refractivity contribution in [3.8, 4) is 0 Å². The van der Waals surface area contributed by atoms with Crippen molar-refractivity contribution < 1.29 is 9.21 Å². The first-order valence-electron chi connectivity index (χ1n) is 5.38. The number of hydrogen-bond donors (Lipinski definition) is 1. The summed E-state index contributed by atoms with van der Waals surface area (Å²) in [5.74, 6) is 1.68. The molecule has 1 rings (SSSR count). The highest BCUT2D eigenvalue weighted by Gasteiger charge is 2.29. The fourth-order valence-electron chi connectivity index (χ4n) is 1.48. The number of nitrogens with zero attached hydrogens (tertiary/aromatic N) is 1. The van der Waals surface area contributed by atoms with Crippen molar-refractivity contribution >= 4 is 5.91 Å². The summed E-state index contributed by atoms with van der Waals surface area (Å²) >= 11 is 0. The molecule has 1 aromatic heterocycles. The molecular formula is C12H20N2O2. The average molecular weight is 224 g/mol. The second-order valence-corrected chi connectivity index (χ2v) is 4.76. The molecule has 0 unspecified atom stereocenters. The Balaban J connectivity index is 2.65. The van der Waals surface area contributed by atoms with E-state index in [-0.39, 0.29) is 5.91 Å². The zero-order chi connectivity index (χ0) is 12.3. The predicted molar refractivity (Wildman–Crippen MR) is 62.8 cm³/mol. The first-order chi connectivity index (χ1) is 7.36. The van der Waals surface area contributed by atoms with Gasteiger partial charge < -0.3 is 15.1 Å². The molecule has 0 spiro atoms. The van der Waals surface area contributed by atoms with Gasteiger partial charge in [0, 0.05) is 13.6 Å². The lowest BCUT2D eigenvalue weighted by Crippen LogP contribution is -2.42. The van der Waals surface area contributed by atoms with Crippen LogP contribution in [-0.4, -0.2) is 24.4 Å². The minimum Gasteiger partial charge on any atom is -0.464 e. The zero-order valence-electron chi connectivity index (χ0n) is 10.4. The second kappa shape index (κ2) is 4.70. The maximum Gasteiger partial charge on any atom is 0.229 e. The van der Waals surface area contributed by atoms with Gasteiger partial charge in [0.25, 0.3) is 0 Å². The third-order valence-electron chi connectivity index (χ3n) is 2.62. The van der Waals surface area contributed by atoms with E-state index in [0.717, 1.165) is 11.5 Å². The molecule has 1 amide bonds. The normalized spacial score (nSPS) is 11.6. The molecule has 0 aliphatic rings. The van der Waals surface area contributed by atoms with E-state index in [1.54, 1.807) is 11.9 Å². The highest BCUT2D eigenvalue weighted by Crippen LogP contribution is 2.18. The van der Waals surface area contributed by atoms with Crippen LogP contribution in [0.15, 0.2) is 16.5 Å². The van der Waals surface area contributed by atoms with E-state index in [1.165, 1.54) is 0 Å². The highest BCUT2D eigenvalue weighted by atomic mass is 16.3. The molecule has 0 radical (unpaired) electrons. The molecule has 0 aliphatic carbocycles. The Labute approximate surface area is 96.4 Å². The van der Waals surface area contributed by atoms with E-state index in [1.807, 2.05) is 32.9 Å². The van der Waals surface area contributed by atoms with Gasteiger partial charge in [-0.2, -0.15) is 0 Å². The molecule has 0 atom stereocenters. The lowest BCUT2D eigenvalue weighted by atomic mass is 9.92. The maximum absolute atomic E-state index is 12.0. The Morgan fingerprint density at radius 2 is 2.12 bits per heavy atom. The molecule has 2 N–H and O–H groups in total. The van der Waals surface area contributed by atoms with E-state index < -0.39 is 5.41 Å². The smallest absolute Gasteiger partial charge is 0.229 e. The van der Waals surface area contributed by atoms with Gasteiger partial charge in [0.15, 0.2) is 0 Å². The Hall–Kier alpha value is -1.29. The topological polar surface area (TPSA) is 59.5 Å². The van der Waals surface area contributed by atoms with E-state index in [4.69, 9.17) is 10.2 Å². The van der Waals surface area contributed by atoms with Gasteiger partial charge >= 0.3 is 0 Å². The Kier molecular flexibility index (Phi) is 3.75. The first-order valence-corrected chi connectivity index (χ1v) is 5.38. The van der Waals surface area contributed by atoms with E-state index >= 15 is 0 Å². The van der Waals surface area contributed by atoms with Gasteiger partial charge in [-0.25, -0.2) is 0 Å². The molecule has 1 aromatic rings. The number of carbonyl (C=O) groups is 1. The van der Waals surface area contributed by atoms with Gasteiger partial charge in [-0.1, -0.05) is 0 Å². The third kappa shape index (κ3) is 2.85. The predicted octanol–water partition coefficient (Wildman–Crippen LogP) is 1.53. The van der Waals surface area contributed by atoms with Gasteiger partial charge in [-0.05, 0) is 32.9 Å². The minimum absolute atomic E-state index is 0.0315. The summed E-state index contributed by atoms with van der Waals surface area (Å²) in [4.78, 5) is 13.7. The molecule has 1 heterocycles. The first kappa shape index (κ1) is 12.8. The van der Waals surface area contributed by atoms with E-state index in [0.29, 0.717) is 13.1 Å². The van der Waals surface area contributed by atoms with Crippen LogP contribution in [0.4, 0.5) is 0 Å². The number of furan rings is 1. The Morgan fingerprint density at radius 1 is 1.50 bits per heavy atom. The van der Waals surface area contributed by atoms with Crippen molar-refractivity contribution in [2.45, 2.75) is 27.3 Å². The molecule has 0 fully saturated rings. The van der Waals surface area contributed by atoms with Gasteiger partial charge in [-0.15, -0.1) is 0 Å². The molecular weight excluding hydrogens is 204 g/mol. The summed E-state index contributed by atoms with van der Waals surface area (Å²) in [5.41, 5.74) is 5.05. The average Bonchev–Trinajstić information content (AvgIpc) is 2.62. The molecule has 0 bridgehead atoms. The van der Waals surface area contributed by atoms with Crippen LogP contribution in [0.5, 0.6) is 0 Å². The van der Waals surface area contributed by atoms with Crippen molar-refractivity contribution in [3.05, 3.63) is 23.7 Å². The van der Waals surface area contributed by atoms with Gasteiger partial charge in [0.1, 0.15) is 11.5 Å². The van der Waals surface area contributed by atoms with Crippen molar-refractivity contribution in [2.24, 2.45) is 11.1 Å². The van der Waals surface area contributed by atoms with Gasteiger partial charge in [0.2, 0.25) is 5.91 Å². The fraction of sp³-hybridized carbons (Fsp3) is 0.583. The van der Waals surface area contributed by atoms with Crippen molar-refractivity contribution in [1.82, 2.24) is 4.90 Å². The molecule has 0 saturated carbocycles. The van der Waals surface area contributed by atoms with Crippen LogP contribution in [0.25, 0.3) is 0 Å². The Morgan fingerprint density at radius 3 is 2.56 bits per heavy atom. The summed E-state index contributed by atoms with van der Waals surface area (Å²) < 4.78 is 5.43. The number of nitrogens with two attached hydrogens (primary N) is 1. The summed E-state index contributed by atoms with van der Waals surface area (Å²) in [7, 11) is 1.76. The van der Waals surface area contributed by atoms with Crippen molar-refractivity contribution in [1.29, 1.82) is 0 Å². The van der Waals surface area contributed by atoms with Crippen LogP contribution >= 0.6 is 0 Å². The second-order valence-electron chi connectivity index (χ2n) is 4.76. The molecule has 4 nitrogen and oxygen atoms in total. The SMILES string of the molecule is Cc1ccc(CN(C)C(=O)C(C)(C)CN)o1. The number of rotatable bonds is 4. The largest absolute Gasteiger partial charge is 0.464 e. The Bertz CT molecular complexity index is 369. The molecule has 16 heavy (non-hydrogen) atoms. The zero-order valence-corrected chi connectivity index (χ0v) is 10.4. The number of carbonyl (C=O) groups excluding carboxylic acids is 1. The van der Waals surface area contributed by atoms with E-state index in [9.17, 15) is 4.79 Å². The van der Waals surface area contributed by atoms with E-state index in [2.05, 4.69) is 0 Å². The summed E-state index contributed by atoms with van der Waals surface area (Å²) in [6.45, 7) is 6.40. The fourth-order valence-corrected chi connectivity index (χ4v) is 1.48. The molecule has 0 saturated heterocycles. The minimum atomic E-state index is -0.517. The van der Waals surface area contributed by atoms with Crippen LogP contribution in [0.1, 0.15) is 25.4 Å². The van der Waals surface area contributed by atoms with Gasteiger partial charge in [0.05, 0.1) is 12.0 Å². The summed E-state index contributed by atoms with van der Waals surface area (Å²) in [6.07, 6.45) is 0. The van der Waals surface area contributed by atoms with Crippen molar-refractivity contribution in [3.63, 3.8) is 0 Å². The monoisotopic (exact) mass is 224 g/mol. The molecule has 0 aliphatic heterocycles. The quantitative estimate of drug-likeness (QED) is 0.843. The highest BCUT2D eigenvalue weighted by molar-refractivity contribution is 5.81. The summed E-state index contributed by atoms with van der Waals surface area (Å²) in [5, 5.41) is 0. The van der Waals surface area contributed by atoms with Crippen molar-refractivity contribution in [2.75, 3.05) is 13.6 Å². The lowest BCUT2D eigenvalue weighted by Gasteiger charge is -2.27. The molecule has 4 heteroatoms. The van der Waals surface area contributed by atoms with Gasteiger partial charge in [-0.3, -0.25) is 4.79 Å².